The van der Waals surface area contributed by atoms with E-state index in [4.69, 9.17) is 0 Å². The summed E-state index contributed by atoms with van der Waals surface area (Å²) in [5.74, 6) is 0. The van der Waals surface area contributed by atoms with E-state index in [-0.39, 0.29) is 10.8 Å². The van der Waals surface area contributed by atoms with Gasteiger partial charge in [0, 0.05) is 44.4 Å². The molecule has 0 atom stereocenters. The van der Waals surface area contributed by atoms with Crippen LogP contribution in [0.3, 0.4) is 0 Å². The van der Waals surface area contributed by atoms with Gasteiger partial charge in [-0.1, -0.05) is 198 Å². The first-order valence-electron chi connectivity index (χ1n) is 24.7. The van der Waals surface area contributed by atoms with Gasteiger partial charge in [-0.05, 0) is 148 Å². The summed E-state index contributed by atoms with van der Waals surface area (Å²) in [6.45, 7) is 9.50. The van der Waals surface area contributed by atoms with Crippen molar-refractivity contribution >= 4 is 88.0 Å². The average Bonchev–Trinajstić information content (AvgIpc) is 3.77. The first-order chi connectivity index (χ1) is 34.2. The zero-order valence-corrected chi connectivity index (χ0v) is 39.8. The first-order valence-corrected chi connectivity index (χ1v) is 24.7. The maximum Gasteiger partial charge on any atom is 0.0546 e. The van der Waals surface area contributed by atoms with E-state index in [0.29, 0.717) is 0 Å². The van der Waals surface area contributed by atoms with Crippen molar-refractivity contribution in [3.05, 3.63) is 253 Å². The third kappa shape index (κ3) is 5.93. The van der Waals surface area contributed by atoms with Crippen molar-refractivity contribution < 1.29 is 0 Å². The summed E-state index contributed by atoms with van der Waals surface area (Å²) in [4.78, 5) is 5.03. The van der Waals surface area contributed by atoms with Crippen molar-refractivity contribution in [3.63, 3.8) is 0 Å². The molecule has 2 nitrogen and oxygen atoms in total. The lowest BCUT2D eigenvalue weighted by Gasteiger charge is -2.31. The van der Waals surface area contributed by atoms with Gasteiger partial charge in [-0.2, -0.15) is 0 Å². The Kier molecular flexibility index (Phi) is 8.71. The van der Waals surface area contributed by atoms with Crippen LogP contribution in [0.4, 0.5) is 34.1 Å². The summed E-state index contributed by atoms with van der Waals surface area (Å²) in [6, 6.07) is 86.5. The van der Waals surface area contributed by atoms with Crippen molar-refractivity contribution in [2.75, 3.05) is 9.80 Å². The standard InChI is InChI=1S/C68H50N2/c1-67(2)61-27-15-13-23-53(61)55-35-33-49(39-63(55)67)69(47-31-29-43-17-5-7-19-45(43)37-47)65-41-59-52-22-10-12-26-58(52)66(42-60(59)51-21-9-11-25-57(51)65)70(48-32-30-44-18-6-8-20-46(44)38-48)50-34-36-56-54-24-14-16-28-62(54)68(3,4)64(56)40-50/h5-42H,1-4H3. The van der Waals surface area contributed by atoms with Crippen LogP contribution >= 0.6 is 0 Å². The monoisotopic (exact) mass is 894 g/mol. The maximum atomic E-state index is 2.52. The number of fused-ring (bicyclic) bond motifs is 13. The molecular weight excluding hydrogens is 845 g/mol. The normalized spacial score (nSPS) is 13.9. The van der Waals surface area contributed by atoms with Gasteiger partial charge < -0.3 is 9.80 Å². The number of rotatable bonds is 6. The largest absolute Gasteiger partial charge is 0.310 e. The highest BCUT2D eigenvalue weighted by Gasteiger charge is 2.37. The summed E-state index contributed by atoms with van der Waals surface area (Å²) in [6.07, 6.45) is 0. The van der Waals surface area contributed by atoms with E-state index in [1.165, 1.54) is 98.4 Å². The van der Waals surface area contributed by atoms with Crippen LogP contribution in [0.1, 0.15) is 49.9 Å². The fourth-order valence-corrected chi connectivity index (χ4v) is 12.4. The molecule has 332 valence electrons. The number of anilines is 6. The van der Waals surface area contributed by atoms with Gasteiger partial charge in [0.25, 0.3) is 0 Å². The first kappa shape index (κ1) is 40.6. The topological polar surface area (TPSA) is 6.48 Å². The fraction of sp³-hybridized carbons (Fsp3) is 0.0882. The molecule has 0 spiro atoms. The highest BCUT2D eigenvalue weighted by molar-refractivity contribution is 6.25. The zero-order valence-electron chi connectivity index (χ0n) is 39.8. The molecule has 0 aromatic heterocycles. The van der Waals surface area contributed by atoms with Crippen molar-refractivity contribution in [2.45, 2.75) is 38.5 Å². The summed E-state index contributed by atoms with van der Waals surface area (Å²) in [5, 5.41) is 12.1. The van der Waals surface area contributed by atoms with E-state index in [9.17, 15) is 0 Å². The zero-order chi connectivity index (χ0) is 46.9. The van der Waals surface area contributed by atoms with Crippen LogP contribution in [-0.4, -0.2) is 0 Å². The van der Waals surface area contributed by atoms with E-state index < -0.39 is 0 Å². The van der Waals surface area contributed by atoms with E-state index >= 15 is 0 Å². The summed E-state index contributed by atoms with van der Waals surface area (Å²) < 4.78 is 0. The molecule has 2 heteroatoms. The minimum atomic E-state index is -0.148. The average molecular weight is 895 g/mol. The van der Waals surface area contributed by atoms with Gasteiger partial charge in [-0.25, -0.2) is 0 Å². The SMILES string of the molecule is CC1(C)c2ccccc2-c2ccc(N(c3ccc4ccccc4c3)c3cc4c5ccccc5c(N(c5ccc6c(c5)C(C)(C)c5ccccc5-6)c5ccc6ccccc6c5)cc4c4ccccc34)cc21. The maximum absolute atomic E-state index is 2.52. The fourth-order valence-electron chi connectivity index (χ4n) is 12.4. The van der Waals surface area contributed by atoms with Crippen LogP contribution in [-0.2, 0) is 10.8 Å². The molecular formula is C68H50N2. The molecule has 0 radical (unpaired) electrons. The number of hydrogen-bond acceptors (Lipinski definition) is 2. The molecule has 0 saturated carbocycles. The van der Waals surface area contributed by atoms with Crippen LogP contribution < -0.4 is 9.80 Å². The number of benzene rings is 12. The molecule has 0 bridgehead atoms. The second-order valence-electron chi connectivity index (χ2n) is 20.5. The molecule has 0 aliphatic heterocycles. The Bertz CT molecular complexity index is 3890. The van der Waals surface area contributed by atoms with Gasteiger partial charge in [-0.15, -0.1) is 0 Å². The predicted octanol–water partition coefficient (Wildman–Crippen LogP) is 19.0. The number of nitrogens with zero attached hydrogens (tertiary/aromatic N) is 2. The van der Waals surface area contributed by atoms with Crippen LogP contribution in [0, 0.1) is 0 Å². The Morgan fingerprint density at radius 2 is 0.571 bits per heavy atom. The Hall–Kier alpha value is -8.46. The predicted molar refractivity (Wildman–Crippen MR) is 298 cm³/mol. The Morgan fingerprint density at radius 3 is 1.01 bits per heavy atom. The van der Waals surface area contributed by atoms with E-state index in [2.05, 4.69) is 268 Å². The highest BCUT2D eigenvalue weighted by atomic mass is 15.2. The number of hydrogen-bond donors (Lipinski definition) is 0. The lowest BCUT2D eigenvalue weighted by Crippen LogP contribution is -2.17. The second-order valence-corrected chi connectivity index (χ2v) is 20.5. The van der Waals surface area contributed by atoms with Crippen LogP contribution in [0.2, 0.25) is 0 Å². The van der Waals surface area contributed by atoms with Crippen molar-refractivity contribution in [2.24, 2.45) is 0 Å². The molecule has 0 heterocycles. The van der Waals surface area contributed by atoms with Crippen molar-refractivity contribution in [3.8, 4) is 22.3 Å². The van der Waals surface area contributed by atoms with Gasteiger partial charge in [0.2, 0.25) is 0 Å². The molecule has 12 aromatic rings. The molecule has 0 saturated heterocycles. The van der Waals surface area contributed by atoms with Gasteiger partial charge in [0.1, 0.15) is 0 Å². The lowest BCUT2D eigenvalue weighted by atomic mass is 9.82. The van der Waals surface area contributed by atoms with Crippen LogP contribution in [0.15, 0.2) is 231 Å². The molecule has 2 aliphatic carbocycles. The Morgan fingerprint density at radius 1 is 0.243 bits per heavy atom. The molecule has 0 amide bonds. The molecule has 12 aromatic carbocycles. The van der Waals surface area contributed by atoms with Crippen LogP contribution in [0.25, 0.3) is 76.1 Å². The van der Waals surface area contributed by atoms with Gasteiger partial charge in [0.15, 0.2) is 0 Å². The van der Waals surface area contributed by atoms with Gasteiger partial charge in [0.05, 0.1) is 11.4 Å². The minimum absolute atomic E-state index is 0.148. The Labute approximate surface area is 409 Å². The molecule has 0 fully saturated rings. The van der Waals surface area contributed by atoms with Crippen molar-refractivity contribution in [1.82, 2.24) is 0 Å². The van der Waals surface area contributed by atoms with Crippen LogP contribution in [0.5, 0.6) is 0 Å². The molecule has 70 heavy (non-hydrogen) atoms. The molecule has 0 N–H and O–H groups in total. The van der Waals surface area contributed by atoms with Crippen molar-refractivity contribution in [1.29, 1.82) is 0 Å². The Balaban J connectivity index is 1.03. The van der Waals surface area contributed by atoms with E-state index in [1.807, 2.05) is 0 Å². The third-order valence-electron chi connectivity index (χ3n) is 16.0. The smallest absolute Gasteiger partial charge is 0.0546 e. The van der Waals surface area contributed by atoms with Gasteiger partial charge >= 0.3 is 0 Å². The molecule has 14 rings (SSSR count). The minimum Gasteiger partial charge on any atom is -0.310 e. The summed E-state index contributed by atoms with van der Waals surface area (Å²) in [5.41, 5.74) is 17.3. The summed E-state index contributed by atoms with van der Waals surface area (Å²) >= 11 is 0. The second kappa shape index (κ2) is 15.0. The van der Waals surface area contributed by atoms with E-state index in [0.717, 1.165) is 34.1 Å². The molecule has 0 unspecified atom stereocenters. The third-order valence-corrected chi connectivity index (χ3v) is 16.0. The lowest BCUT2D eigenvalue weighted by molar-refractivity contribution is 0.660. The summed E-state index contributed by atoms with van der Waals surface area (Å²) in [7, 11) is 0. The molecule has 2 aliphatic rings. The quantitative estimate of drug-likeness (QED) is 0.153. The van der Waals surface area contributed by atoms with Gasteiger partial charge in [-0.3, -0.25) is 0 Å². The highest BCUT2D eigenvalue weighted by Crippen LogP contribution is 2.54. The van der Waals surface area contributed by atoms with E-state index in [1.54, 1.807) is 0 Å².